The van der Waals surface area contributed by atoms with Gasteiger partial charge in [-0.05, 0) is 36.8 Å². The molecule has 0 spiro atoms. The zero-order valence-corrected chi connectivity index (χ0v) is 17.3. The molecule has 1 unspecified atom stereocenters. The third-order valence-electron chi connectivity index (χ3n) is 5.46. The number of carboxylic acids is 1. The van der Waals surface area contributed by atoms with Gasteiger partial charge in [-0.1, -0.05) is 95.8 Å². The van der Waals surface area contributed by atoms with E-state index in [1.54, 1.807) is 0 Å². The SMILES string of the molecule is CCCC(CCCCCCCCCCCCCC(=O)O)c1ccccc1O. The Kier molecular flexibility index (Phi) is 13.5. The summed E-state index contributed by atoms with van der Waals surface area (Å²) in [6.45, 7) is 2.22. The summed E-state index contributed by atoms with van der Waals surface area (Å²) < 4.78 is 0. The second-order valence-electron chi connectivity index (χ2n) is 7.87. The van der Waals surface area contributed by atoms with Gasteiger partial charge >= 0.3 is 5.97 Å². The lowest BCUT2D eigenvalue weighted by Crippen LogP contribution is -1.99. The predicted molar refractivity (Wildman–Crippen MR) is 113 cm³/mol. The number of carboxylic acid groups (broad SMARTS) is 1. The summed E-state index contributed by atoms with van der Waals surface area (Å²) in [5.74, 6) is 0.285. The molecule has 0 amide bonds. The molecule has 2 N–H and O–H groups in total. The van der Waals surface area contributed by atoms with Gasteiger partial charge in [0.15, 0.2) is 0 Å². The van der Waals surface area contributed by atoms with Crippen LogP contribution in [0.15, 0.2) is 24.3 Å². The minimum absolute atomic E-state index is 0.322. The van der Waals surface area contributed by atoms with Gasteiger partial charge in [0.05, 0.1) is 0 Å². The van der Waals surface area contributed by atoms with Gasteiger partial charge in [-0.2, -0.15) is 0 Å². The molecule has 0 saturated carbocycles. The summed E-state index contributed by atoms with van der Waals surface area (Å²) in [6, 6.07) is 7.82. The fraction of sp³-hybridized carbons (Fsp3) is 0.708. The van der Waals surface area contributed by atoms with E-state index < -0.39 is 5.97 Å². The molecule has 0 aliphatic carbocycles. The second kappa shape index (κ2) is 15.5. The molecule has 27 heavy (non-hydrogen) atoms. The van der Waals surface area contributed by atoms with Crippen molar-refractivity contribution in [2.75, 3.05) is 0 Å². The first kappa shape index (κ1) is 23.5. The third kappa shape index (κ3) is 11.7. The average molecular weight is 377 g/mol. The number of phenolic OH excluding ortho intramolecular Hbond substituents is 1. The highest BCUT2D eigenvalue weighted by molar-refractivity contribution is 5.66. The number of unbranched alkanes of at least 4 members (excludes halogenated alkanes) is 10. The van der Waals surface area contributed by atoms with Gasteiger partial charge in [0.1, 0.15) is 5.75 Å². The van der Waals surface area contributed by atoms with Gasteiger partial charge in [-0.25, -0.2) is 0 Å². The summed E-state index contributed by atoms with van der Waals surface area (Å²) in [5.41, 5.74) is 1.13. The van der Waals surface area contributed by atoms with Gasteiger partial charge < -0.3 is 10.2 Å². The third-order valence-corrected chi connectivity index (χ3v) is 5.46. The molecule has 0 heterocycles. The highest BCUT2D eigenvalue weighted by atomic mass is 16.4. The van der Waals surface area contributed by atoms with Crippen molar-refractivity contribution in [2.24, 2.45) is 0 Å². The predicted octanol–water partition coefficient (Wildman–Crippen LogP) is 7.43. The molecular formula is C24H40O3. The Balaban J connectivity index is 2.00. The maximum Gasteiger partial charge on any atom is 0.303 e. The van der Waals surface area contributed by atoms with Crippen LogP contribution in [0.2, 0.25) is 0 Å². The summed E-state index contributed by atoms with van der Waals surface area (Å²) in [4.78, 5) is 10.4. The van der Waals surface area contributed by atoms with Crippen LogP contribution < -0.4 is 0 Å². The van der Waals surface area contributed by atoms with E-state index in [9.17, 15) is 9.90 Å². The van der Waals surface area contributed by atoms with Crippen LogP contribution >= 0.6 is 0 Å². The maximum atomic E-state index is 10.4. The van der Waals surface area contributed by atoms with E-state index >= 15 is 0 Å². The van der Waals surface area contributed by atoms with Crippen molar-refractivity contribution < 1.29 is 15.0 Å². The molecule has 0 aromatic heterocycles. The summed E-state index contributed by atoms with van der Waals surface area (Å²) in [5, 5.41) is 18.7. The zero-order chi connectivity index (χ0) is 19.7. The normalized spacial score (nSPS) is 12.2. The largest absolute Gasteiger partial charge is 0.508 e. The number of hydrogen-bond donors (Lipinski definition) is 2. The van der Waals surface area contributed by atoms with Crippen molar-refractivity contribution in [2.45, 2.75) is 109 Å². The molecule has 1 aromatic carbocycles. The maximum absolute atomic E-state index is 10.4. The van der Waals surface area contributed by atoms with Gasteiger partial charge in [0.2, 0.25) is 0 Å². The van der Waals surface area contributed by atoms with E-state index in [1.165, 1.54) is 64.2 Å². The van der Waals surface area contributed by atoms with Crippen LogP contribution in [-0.2, 0) is 4.79 Å². The Morgan fingerprint density at radius 1 is 0.815 bits per heavy atom. The van der Waals surface area contributed by atoms with Crippen molar-refractivity contribution in [1.29, 1.82) is 0 Å². The Morgan fingerprint density at radius 3 is 1.85 bits per heavy atom. The number of benzene rings is 1. The molecule has 0 radical (unpaired) electrons. The van der Waals surface area contributed by atoms with Crippen molar-refractivity contribution >= 4 is 5.97 Å². The molecule has 0 bridgehead atoms. The minimum Gasteiger partial charge on any atom is -0.508 e. The Morgan fingerprint density at radius 2 is 1.33 bits per heavy atom. The fourth-order valence-electron chi connectivity index (χ4n) is 3.89. The van der Waals surface area contributed by atoms with Crippen LogP contribution in [0, 0.1) is 0 Å². The highest BCUT2D eigenvalue weighted by Gasteiger charge is 2.13. The van der Waals surface area contributed by atoms with Crippen molar-refractivity contribution in [3.63, 3.8) is 0 Å². The second-order valence-corrected chi connectivity index (χ2v) is 7.87. The molecule has 1 aromatic rings. The smallest absolute Gasteiger partial charge is 0.303 e. The molecular weight excluding hydrogens is 336 g/mol. The summed E-state index contributed by atoms with van der Waals surface area (Å²) >= 11 is 0. The lowest BCUT2D eigenvalue weighted by Gasteiger charge is -2.17. The number of aromatic hydroxyl groups is 1. The number of rotatable bonds is 17. The van der Waals surface area contributed by atoms with Gasteiger partial charge in [0.25, 0.3) is 0 Å². The average Bonchev–Trinajstić information content (AvgIpc) is 2.65. The molecule has 1 rings (SSSR count). The standard InChI is InChI=1S/C24H40O3/c1-2-16-21(22-18-14-15-19-23(22)25)17-12-10-8-6-4-3-5-7-9-11-13-20-24(26)27/h14-15,18-19,21,25H,2-13,16-17,20H2,1H3,(H,26,27). The first-order valence-corrected chi connectivity index (χ1v) is 11.1. The number of phenols is 1. The van der Waals surface area contributed by atoms with Gasteiger partial charge in [-0.15, -0.1) is 0 Å². The molecule has 0 saturated heterocycles. The number of para-hydroxylation sites is 1. The first-order chi connectivity index (χ1) is 13.1. The fourth-order valence-corrected chi connectivity index (χ4v) is 3.89. The van der Waals surface area contributed by atoms with E-state index in [2.05, 4.69) is 13.0 Å². The quantitative estimate of drug-likeness (QED) is 0.278. The van der Waals surface area contributed by atoms with Crippen molar-refractivity contribution in [1.82, 2.24) is 0 Å². The van der Waals surface area contributed by atoms with E-state index in [0.29, 0.717) is 18.1 Å². The Bertz CT molecular complexity index is 498. The molecule has 0 aliphatic rings. The Labute approximate surface area is 166 Å². The number of carbonyl (C=O) groups is 1. The lowest BCUT2D eigenvalue weighted by atomic mass is 9.88. The molecule has 1 atom stereocenters. The zero-order valence-electron chi connectivity index (χ0n) is 17.3. The number of hydrogen-bond acceptors (Lipinski definition) is 2. The molecule has 0 fully saturated rings. The molecule has 3 heteroatoms. The van der Waals surface area contributed by atoms with Crippen LogP contribution in [0.1, 0.15) is 115 Å². The van der Waals surface area contributed by atoms with Crippen molar-refractivity contribution in [3.8, 4) is 5.75 Å². The molecule has 0 aliphatic heterocycles. The first-order valence-electron chi connectivity index (χ1n) is 11.1. The van der Waals surface area contributed by atoms with Crippen LogP contribution in [-0.4, -0.2) is 16.2 Å². The van der Waals surface area contributed by atoms with E-state index in [1.807, 2.05) is 18.2 Å². The van der Waals surface area contributed by atoms with Gasteiger partial charge in [0, 0.05) is 6.42 Å². The molecule has 3 nitrogen and oxygen atoms in total. The van der Waals surface area contributed by atoms with Gasteiger partial charge in [-0.3, -0.25) is 4.79 Å². The minimum atomic E-state index is -0.670. The van der Waals surface area contributed by atoms with Crippen LogP contribution in [0.3, 0.4) is 0 Å². The van der Waals surface area contributed by atoms with Crippen LogP contribution in [0.25, 0.3) is 0 Å². The van der Waals surface area contributed by atoms with E-state index in [4.69, 9.17) is 5.11 Å². The Hall–Kier alpha value is -1.51. The lowest BCUT2D eigenvalue weighted by molar-refractivity contribution is -0.137. The summed E-state index contributed by atoms with van der Waals surface area (Å²) in [6.07, 6.45) is 17.3. The number of aliphatic carboxylic acids is 1. The van der Waals surface area contributed by atoms with E-state index in [0.717, 1.165) is 31.2 Å². The summed E-state index contributed by atoms with van der Waals surface area (Å²) in [7, 11) is 0. The highest BCUT2D eigenvalue weighted by Crippen LogP contribution is 2.33. The monoisotopic (exact) mass is 376 g/mol. The van der Waals surface area contributed by atoms with Crippen LogP contribution in [0.5, 0.6) is 5.75 Å². The van der Waals surface area contributed by atoms with Crippen molar-refractivity contribution in [3.05, 3.63) is 29.8 Å². The van der Waals surface area contributed by atoms with Crippen LogP contribution in [0.4, 0.5) is 0 Å². The molecule has 154 valence electrons. The van der Waals surface area contributed by atoms with E-state index in [-0.39, 0.29) is 0 Å². The topological polar surface area (TPSA) is 57.5 Å².